The number of benzene rings is 2. The van der Waals surface area contributed by atoms with Gasteiger partial charge in [-0.1, -0.05) is 6.07 Å². The lowest BCUT2D eigenvalue weighted by Crippen LogP contribution is -2.68. The Hall–Kier alpha value is -6.29. The molecule has 2 bridgehead atoms. The molecule has 0 atom stereocenters. The van der Waals surface area contributed by atoms with E-state index in [0.29, 0.717) is 35.5 Å². The van der Waals surface area contributed by atoms with Gasteiger partial charge in [0.25, 0.3) is 17.4 Å². The van der Waals surface area contributed by atoms with Gasteiger partial charge < -0.3 is 39.3 Å². The van der Waals surface area contributed by atoms with Crippen LogP contribution in [0.5, 0.6) is 11.5 Å². The highest BCUT2D eigenvalue weighted by molar-refractivity contribution is 6.27. The number of hydrogen-bond acceptors (Lipinski definition) is 11. The summed E-state index contributed by atoms with van der Waals surface area (Å²) in [6, 6.07) is 10.5. The first-order chi connectivity index (χ1) is 27.9. The molecule has 2 aromatic carbocycles. The molecule has 0 spiro atoms. The molecular weight excluding hydrogens is 748 g/mol. The van der Waals surface area contributed by atoms with Crippen molar-refractivity contribution in [3.63, 3.8) is 0 Å². The fourth-order valence-electron chi connectivity index (χ4n) is 8.30. The molecule has 1 aliphatic heterocycles. The van der Waals surface area contributed by atoms with E-state index >= 15 is 0 Å². The molecular formula is C42H46N6O10. The SMILES string of the molecule is COc1cc(-c2cn(C)c(=O)c3c2ccn3C)cc(OC)c1CCCC(=O)NCCOCCNC(=O)CNc1cccc2c1C(=O)N(C13CC(C1)C(=O)CC3=O)C2=O. The fourth-order valence-corrected chi connectivity index (χ4v) is 8.30. The topological polar surface area (TPSA) is 196 Å². The van der Waals surface area contributed by atoms with Crippen molar-refractivity contribution in [3.8, 4) is 22.6 Å². The van der Waals surface area contributed by atoms with Crippen molar-refractivity contribution in [1.82, 2.24) is 24.7 Å². The molecule has 3 N–H and O–H groups in total. The number of methoxy groups -OCH3 is 2. The van der Waals surface area contributed by atoms with Gasteiger partial charge in [0.2, 0.25) is 11.8 Å². The molecule has 16 heteroatoms. The van der Waals surface area contributed by atoms with Gasteiger partial charge in [0.15, 0.2) is 5.78 Å². The van der Waals surface area contributed by atoms with Crippen LogP contribution in [0.25, 0.3) is 22.0 Å². The number of nitrogens with one attached hydrogen (secondary N) is 3. The zero-order chi connectivity index (χ0) is 41.3. The molecule has 3 fully saturated rings. The molecule has 3 aliphatic carbocycles. The second-order valence-electron chi connectivity index (χ2n) is 14.9. The minimum Gasteiger partial charge on any atom is -0.496 e. The average molecular weight is 795 g/mol. The van der Waals surface area contributed by atoms with Gasteiger partial charge in [-0.15, -0.1) is 0 Å². The predicted molar refractivity (Wildman–Crippen MR) is 212 cm³/mol. The number of anilines is 1. The number of carbonyl (C=O) groups excluding carboxylic acids is 6. The van der Waals surface area contributed by atoms with E-state index in [1.165, 1.54) is 6.07 Å². The van der Waals surface area contributed by atoms with E-state index < -0.39 is 23.1 Å². The standard InChI is InChI=1S/C42H46N6O10/c1-46-14-11-26-29(23-47(2)41(55)38(26)46)24-17-32(56-3)27(33(18-24)57-4)7-6-10-35(51)43-12-15-58-16-13-44-36(52)22-45-30-9-5-8-28-37(30)40(54)48(39(28)53)42-20-25(21-42)31(49)19-34(42)50/h5,8-9,11,14,17-18,23,25,45H,6-7,10,12-13,15-16,19-22H2,1-4H3,(H,43,51)(H,44,52). The predicted octanol–water partition coefficient (Wildman–Crippen LogP) is 2.53. The van der Waals surface area contributed by atoms with Crippen LogP contribution in [-0.2, 0) is 44.4 Å². The Kier molecular flexibility index (Phi) is 11.2. The van der Waals surface area contributed by atoms with Crippen LogP contribution in [0, 0.1) is 5.92 Å². The molecule has 4 aliphatic rings. The van der Waals surface area contributed by atoms with Crippen molar-refractivity contribution in [2.45, 2.75) is 44.1 Å². The second-order valence-corrected chi connectivity index (χ2v) is 14.9. The van der Waals surface area contributed by atoms with Gasteiger partial charge in [-0.05, 0) is 61.6 Å². The Morgan fingerprint density at radius 3 is 2.22 bits per heavy atom. The molecule has 2 aromatic heterocycles. The zero-order valence-corrected chi connectivity index (χ0v) is 32.9. The van der Waals surface area contributed by atoms with Gasteiger partial charge in [-0.2, -0.15) is 0 Å². The molecule has 3 heterocycles. The van der Waals surface area contributed by atoms with E-state index in [1.807, 2.05) is 36.0 Å². The molecule has 16 nitrogen and oxygen atoms in total. The quantitative estimate of drug-likeness (QED) is 0.0808. The lowest BCUT2D eigenvalue weighted by molar-refractivity contribution is -0.153. The number of pyridine rings is 1. The van der Waals surface area contributed by atoms with Crippen molar-refractivity contribution in [3.05, 3.63) is 75.8 Å². The Balaban J connectivity index is 0.816. The molecule has 8 rings (SSSR count). The van der Waals surface area contributed by atoms with Crippen molar-refractivity contribution in [2.24, 2.45) is 20.0 Å². The number of fused-ring (bicyclic) bond motifs is 4. The zero-order valence-electron chi connectivity index (χ0n) is 32.9. The summed E-state index contributed by atoms with van der Waals surface area (Å²) in [4.78, 5) is 90.6. The van der Waals surface area contributed by atoms with E-state index in [0.717, 1.165) is 27.0 Å². The Bertz CT molecular complexity index is 2380. The van der Waals surface area contributed by atoms with E-state index in [9.17, 15) is 33.6 Å². The third-order valence-electron chi connectivity index (χ3n) is 11.4. The van der Waals surface area contributed by atoms with Crippen LogP contribution in [0.2, 0.25) is 0 Å². The van der Waals surface area contributed by atoms with Crippen molar-refractivity contribution >= 4 is 51.8 Å². The normalized spacial score (nSPS) is 18.3. The van der Waals surface area contributed by atoms with Crippen LogP contribution in [0.15, 0.2) is 53.6 Å². The van der Waals surface area contributed by atoms with Crippen LogP contribution < -0.4 is 31.0 Å². The number of ketones is 2. The molecule has 304 valence electrons. The van der Waals surface area contributed by atoms with Crippen molar-refractivity contribution in [1.29, 1.82) is 0 Å². The molecule has 3 saturated carbocycles. The first kappa shape index (κ1) is 39.9. The maximum atomic E-state index is 13.5. The van der Waals surface area contributed by atoms with E-state index in [2.05, 4.69) is 16.0 Å². The van der Waals surface area contributed by atoms with Crippen LogP contribution in [0.3, 0.4) is 0 Å². The Labute approximate surface area is 333 Å². The van der Waals surface area contributed by atoms with Gasteiger partial charge in [0, 0.05) is 74.1 Å². The number of Topliss-reactive ketones (excluding diaryl/α,β-unsaturated/α-hetero) is 2. The van der Waals surface area contributed by atoms with Gasteiger partial charge in [-0.25, -0.2) is 0 Å². The van der Waals surface area contributed by atoms with E-state index in [1.54, 1.807) is 44.2 Å². The molecule has 4 aromatic rings. The lowest BCUT2D eigenvalue weighted by atomic mass is 9.57. The molecule has 0 radical (unpaired) electrons. The summed E-state index contributed by atoms with van der Waals surface area (Å²) in [5.41, 5.74) is 2.34. The summed E-state index contributed by atoms with van der Waals surface area (Å²) >= 11 is 0. The molecule has 58 heavy (non-hydrogen) atoms. The van der Waals surface area contributed by atoms with Crippen molar-refractivity contribution < 1.29 is 43.0 Å². The number of aromatic nitrogens is 2. The smallest absolute Gasteiger partial charge is 0.274 e. The van der Waals surface area contributed by atoms with E-state index in [-0.39, 0.29) is 98.7 Å². The maximum Gasteiger partial charge on any atom is 0.274 e. The second kappa shape index (κ2) is 16.3. The fraction of sp³-hybridized carbons (Fsp3) is 0.405. The van der Waals surface area contributed by atoms with Gasteiger partial charge >= 0.3 is 0 Å². The number of imide groups is 1. The van der Waals surface area contributed by atoms with Crippen LogP contribution in [0.1, 0.15) is 58.4 Å². The van der Waals surface area contributed by atoms with Crippen LogP contribution in [-0.4, -0.2) is 102 Å². The lowest BCUT2D eigenvalue weighted by Gasteiger charge is -2.53. The minimum absolute atomic E-state index is 0.0869. The first-order valence-corrected chi connectivity index (χ1v) is 19.2. The largest absolute Gasteiger partial charge is 0.496 e. The van der Waals surface area contributed by atoms with Gasteiger partial charge in [-0.3, -0.25) is 38.5 Å². The van der Waals surface area contributed by atoms with Crippen LogP contribution >= 0.6 is 0 Å². The number of aryl methyl sites for hydroxylation is 2. The molecule has 4 amide bonds. The van der Waals surface area contributed by atoms with E-state index in [4.69, 9.17) is 14.2 Å². The summed E-state index contributed by atoms with van der Waals surface area (Å²) in [5.74, 6) is -1.29. The minimum atomic E-state index is -1.27. The summed E-state index contributed by atoms with van der Waals surface area (Å²) in [7, 11) is 6.73. The maximum absolute atomic E-state index is 13.5. The summed E-state index contributed by atoms with van der Waals surface area (Å²) < 4.78 is 20.4. The highest BCUT2D eigenvalue weighted by atomic mass is 16.5. The number of hydrogen-bond donors (Lipinski definition) is 3. The number of ether oxygens (including phenoxy) is 3. The summed E-state index contributed by atoms with van der Waals surface area (Å²) in [6.45, 7) is 0.760. The first-order valence-electron chi connectivity index (χ1n) is 19.2. The third-order valence-corrected chi connectivity index (χ3v) is 11.4. The number of amides is 4. The van der Waals surface area contributed by atoms with Gasteiger partial charge in [0.1, 0.15) is 28.3 Å². The monoisotopic (exact) mass is 794 g/mol. The number of nitrogens with zero attached hydrogens (tertiary/aromatic N) is 3. The third kappa shape index (κ3) is 7.23. The number of carbonyl (C=O) groups is 6. The summed E-state index contributed by atoms with van der Waals surface area (Å²) in [5, 5.41) is 9.32. The van der Waals surface area contributed by atoms with Crippen LogP contribution in [0.4, 0.5) is 5.69 Å². The highest BCUT2D eigenvalue weighted by Gasteiger charge is 2.64. The van der Waals surface area contributed by atoms with Gasteiger partial charge in [0.05, 0.1) is 51.5 Å². The molecule has 0 unspecified atom stereocenters. The Morgan fingerprint density at radius 2 is 1.55 bits per heavy atom. The molecule has 0 saturated heterocycles. The Morgan fingerprint density at radius 1 is 0.862 bits per heavy atom. The highest BCUT2D eigenvalue weighted by Crippen LogP contribution is 2.51. The summed E-state index contributed by atoms with van der Waals surface area (Å²) in [6.07, 6.45) is 5.07. The number of rotatable bonds is 17. The van der Waals surface area contributed by atoms with Crippen molar-refractivity contribution in [2.75, 3.05) is 52.4 Å². The average Bonchev–Trinajstić information content (AvgIpc) is 3.70.